The third-order valence-electron chi connectivity index (χ3n) is 2.63. The average molecular weight is 211 g/mol. The lowest BCUT2D eigenvalue weighted by molar-refractivity contribution is -0.142. The molecule has 1 rings (SSSR count). The quantitative estimate of drug-likeness (QED) is 0.764. The van der Waals surface area contributed by atoms with E-state index in [-0.39, 0.29) is 0 Å². The molecule has 15 heavy (non-hydrogen) atoms. The van der Waals surface area contributed by atoms with E-state index in [2.05, 4.69) is 4.98 Å². The molecule has 0 aromatic carbocycles. The first-order valence-electron chi connectivity index (χ1n) is 4.91. The minimum absolute atomic E-state index is 0.453. The van der Waals surface area contributed by atoms with Crippen molar-refractivity contribution in [3.63, 3.8) is 0 Å². The molecule has 5 heteroatoms. The smallest absolute Gasteiger partial charge is 0.320 e. The largest absolute Gasteiger partial charge is 0.480 e. The first-order chi connectivity index (χ1) is 7.02. The molecular formula is C10H17N3O2. The Morgan fingerprint density at radius 2 is 2.40 bits per heavy atom. The number of carbonyl (C=O) groups is 1. The van der Waals surface area contributed by atoms with Crippen LogP contribution >= 0.6 is 0 Å². The lowest BCUT2D eigenvalue weighted by Gasteiger charge is -2.20. The maximum absolute atomic E-state index is 10.7. The van der Waals surface area contributed by atoms with E-state index in [1.165, 1.54) is 0 Å². The minimum Gasteiger partial charge on any atom is -0.480 e. The van der Waals surface area contributed by atoms with Crippen molar-refractivity contribution >= 4 is 5.97 Å². The molecular weight excluding hydrogens is 194 g/mol. The van der Waals surface area contributed by atoms with E-state index >= 15 is 0 Å². The summed E-state index contributed by atoms with van der Waals surface area (Å²) in [6.07, 6.45) is 4.39. The molecule has 0 radical (unpaired) electrons. The van der Waals surface area contributed by atoms with Gasteiger partial charge in [0, 0.05) is 32.4 Å². The van der Waals surface area contributed by atoms with E-state index in [9.17, 15) is 4.79 Å². The molecule has 0 saturated carbocycles. The normalized spacial score (nSPS) is 13.1. The molecule has 1 atom stereocenters. The van der Waals surface area contributed by atoms with Crippen molar-refractivity contribution in [3.05, 3.63) is 18.2 Å². The third-order valence-corrected chi connectivity index (χ3v) is 2.63. The first kappa shape index (κ1) is 11.7. The summed E-state index contributed by atoms with van der Waals surface area (Å²) in [4.78, 5) is 16.7. The monoisotopic (exact) mass is 211 g/mol. The van der Waals surface area contributed by atoms with Gasteiger partial charge in [0.25, 0.3) is 0 Å². The summed E-state index contributed by atoms with van der Waals surface area (Å²) >= 11 is 0. The Hall–Kier alpha value is -1.36. The highest BCUT2D eigenvalue weighted by atomic mass is 16.4. The van der Waals surface area contributed by atoms with Gasteiger partial charge in [0.05, 0.1) is 0 Å². The van der Waals surface area contributed by atoms with Crippen molar-refractivity contribution < 1.29 is 9.90 Å². The summed E-state index contributed by atoms with van der Waals surface area (Å²) in [5.74, 6) is 0.178. The van der Waals surface area contributed by atoms with Crippen molar-refractivity contribution in [2.24, 2.45) is 7.05 Å². The summed E-state index contributed by atoms with van der Waals surface area (Å²) in [6, 6.07) is -0.453. The molecule has 1 N–H and O–H groups in total. The van der Waals surface area contributed by atoms with E-state index in [0.29, 0.717) is 6.54 Å². The van der Waals surface area contributed by atoms with E-state index in [1.54, 1.807) is 18.0 Å². The predicted octanol–water partition coefficient (Wildman–Crippen LogP) is 0.367. The molecule has 0 fully saturated rings. The van der Waals surface area contributed by atoms with Gasteiger partial charge in [-0.3, -0.25) is 9.69 Å². The van der Waals surface area contributed by atoms with Crippen LogP contribution in [0.15, 0.2) is 12.4 Å². The van der Waals surface area contributed by atoms with Crippen LogP contribution in [0.4, 0.5) is 0 Å². The zero-order chi connectivity index (χ0) is 11.4. The Bertz CT molecular complexity index is 335. The van der Waals surface area contributed by atoms with E-state index in [4.69, 9.17) is 5.11 Å². The second kappa shape index (κ2) is 4.93. The van der Waals surface area contributed by atoms with Gasteiger partial charge in [-0.15, -0.1) is 0 Å². The van der Waals surface area contributed by atoms with Gasteiger partial charge in [-0.2, -0.15) is 0 Å². The van der Waals surface area contributed by atoms with Gasteiger partial charge < -0.3 is 9.67 Å². The van der Waals surface area contributed by atoms with E-state index < -0.39 is 12.0 Å². The van der Waals surface area contributed by atoms with Crippen LogP contribution in [0.25, 0.3) is 0 Å². The van der Waals surface area contributed by atoms with Gasteiger partial charge >= 0.3 is 5.97 Å². The van der Waals surface area contributed by atoms with Crippen molar-refractivity contribution in [1.82, 2.24) is 14.5 Å². The number of carboxylic acids is 1. The maximum atomic E-state index is 10.7. The SMILES string of the molecule is CC(C(=O)O)N(C)CCc1nccn1C. The number of aliphatic carboxylic acids is 1. The maximum Gasteiger partial charge on any atom is 0.320 e. The second-order valence-corrected chi connectivity index (χ2v) is 3.70. The second-order valence-electron chi connectivity index (χ2n) is 3.70. The van der Waals surface area contributed by atoms with Gasteiger partial charge in [0.2, 0.25) is 0 Å². The summed E-state index contributed by atoms with van der Waals surface area (Å²) in [7, 11) is 3.74. The fraction of sp³-hybridized carbons (Fsp3) is 0.600. The molecule has 0 amide bonds. The zero-order valence-electron chi connectivity index (χ0n) is 9.34. The Kier molecular flexibility index (Phi) is 3.85. The van der Waals surface area contributed by atoms with Crippen molar-refractivity contribution in [2.75, 3.05) is 13.6 Å². The summed E-state index contributed by atoms with van der Waals surface area (Å²) in [6.45, 7) is 2.37. The van der Waals surface area contributed by atoms with Crippen molar-refractivity contribution in [2.45, 2.75) is 19.4 Å². The Morgan fingerprint density at radius 1 is 1.73 bits per heavy atom. The molecule has 1 aromatic heterocycles. The molecule has 0 aliphatic heterocycles. The Balaban J connectivity index is 2.44. The zero-order valence-corrected chi connectivity index (χ0v) is 9.34. The summed E-state index contributed by atoms with van der Waals surface area (Å²) in [5, 5.41) is 8.80. The highest BCUT2D eigenvalue weighted by Crippen LogP contribution is 2.00. The summed E-state index contributed by atoms with van der Waals surface area (Å²) in [5.41, 5.74) is 0. The topological polar surface area (TPSA) is 58.4 Å². The molecule has 0 spiro atoms. The van der Waals surface area contributed by atoms with Crippen molar-refractivity contribution in [1.29, 1.82) is 0 Å². The van der Waals surface area contributed by atoms with Crippen LogP contribution in [-0.4, -0.2) is 45.2 Å². The molecule has 5 nitrogen and oxygen atoms in total. The number of hydrogen-bond donors (Lipinski definition) is 1. The van der Waals surface area contributed by atoms with E-state index in [1.807, 2.05) is 24.9 Å². The molecule has 0 bridgehead atoms. The third kappa shape index (κ3) is 3.06. The number of aryl methyl sites for hydroxylation is 1. The summed E-state index contributed by atoms with van der Waals surface area (Å²) < 4.78 is 1.94. The number of likely N-dealkylation sites (N-methyl/N-ethyl adjacent to an activating group) is 1. The number of rotatable bonds is 5. The van der Waals surface area contributed by atoms with E-state index in [0.717, 1.165) is 12.2 Å². The van der Waals surface area contributed by atoms with Crippen LogP contribution in [0, 0.1) is 0 Å². The molecule has 0 aliphatic carbocycles. The number of carboxylic acid groups (broad SMARTS) is 1. The van der Waals surface area contributed by atoms with Crippen LogP contribution in [0.2, 0.25) is 0 Å². The van der Waals surface area contributed by atoms with Crippen LogP contribution in [0.3, 0.4) is 0 Å². The molecule has 84 valence electrons. The first-order valence-corrected chi connectivity index (χ1v) is 4.91. The highest BCUT2D eigenvalue weighted by molar-refractivity contribution is 5.72. The lowest BCUT2D eigenvalue weighted by Crippen LogP contribution is -2.37. The molecule has 1 heterocycles. The standard InChI is InChI=1S/C10H17N3O2/c1-8(10(14)15)12(2)6-4-9-11-5-7-13(9)3/h5,7-8H,4,6H2,1-3H3,(H,14,15). The molecule has 1 aromatic rings. The fourth-order valence-electron chi connectivity index (χ4n) is 1.30. The number of aromatic nitrogens is 2. The lowest BCUT2D eigenvalue weighted by atomic mass is 10.3. The van der Waals surface area contributed by atoms with Gasteiger partial charge in [0.15, 0.2) is 0 Å². The van der Waals surface area contributed by atoms with Gasteiger partial charge in [-0.25, -0.2) is 4.98 Å². The molecule has 0 aliphatic rings. The van der Waals surface area contributed by atoms with Gasteiger partial charge in [-0.1, -0.05) is 0 Å². The van der Waals surface area contributed by atoms with Crippen LogP contribution < -0.4 is 0 Å². The van der Waals surface area contributed by atoms with Gasteiger partial charge in [0.1, 0.15) is 11.9 Å². The fourth-order valence-corrected chi connectivity index (χ4v) is 1.30. The molecule has 1 unspecified atom stereocenters. The number of hydrogen-bond acceptors (Lipinski definition) is 3. The Morgan fingerprint density at radius 3 is 2.87 bits per heavy atom. The minimum atomic E-state index is -0.794. The number of imidazole rings is 1. The highest BCUT2D eigenvalue weighted by Gasteiger charge is 2.16. The number of nitrogens with zero attached hydrogens (tertiary/aromatic N) is 3. The van der Waals surface area contributed by atoms with Crippen LogP contribution in [0.5, 0.6) is 0 Å². The molecule has 0 saturated heterocycles. The van der Waals surface area contributed by atoms with Crippen LogP contribution in [-0.2, 0) is 18.3 Å². The predicted molar refractivity (Wildman–Crippen MR) is 56.6 cm³/mol. The Labute approximate surface area is 89.3 Å². The van der Waals surface area contributed by atoms with Crippen molar-refractivity contribution in [3.8, 4) is 0 Å². The average Bonchev–Trinajstić information content (AvgIpc) is 2.59. The van der Waals surface area contributed by atoms with Crippen LogP contribution in [0.1, 0.15) is 12.7 Å². The van der Waals surface area contributed by atoms with Gasteiger partial charge in [-0.05, 0) is 14.0 Å².